The van der Waals surface area contributed by atoms with Crippen LogP contribution < -0.4 is 5.32 Å². The van der Waals surface area contributed by atoms with E-state index >= 15 is 0 Å². The largest absolute Gasteiger partial charge is 0.321 e. The van der Waals surface area contributed by atoms with Crippen LogP contribution in [0.25, 0.3) is 5.65 Å². The summed E-state index contributed by atoms with van der Waals surface area (Å²) >= 11 is 0. The number of benzene rings is 1. The molecule has 0 fully saturated rings. The first-order valence-electron chi connectivity index (χ1n) is 8.16. The van der Waals surface area contributed by atoms with Crippen molar-refractivity contribution in [3.8, 4) is 0 Å². The number of fused-ring (bicyclic) bond motifs is 1. The summed E-state index contributed by atoms with van der Waals surface area (Å²) in [6.45, 7) is 1.83. The molecule has 3 heterocycles. The smallest absolute Gasteiger partial charge is 0.275 e. The number of rotatable bonds is 4. The van der Waals surface area contributed by atoms with Crippen LogP contribution in [0.5, 0.6) is 0 Å². The van der Waals surface area contributed by atoms with E-state index in [4.69, 9.17) is 0 Å². The Balaban J connectivity index is 1.46. The van der Waals surface area contributed by atoms with Crippen LogP contribution in [0.4, 0.5) is 5.69 Å². The first-order valence-corrected chi connectivity index (χ1v) is 8.16. The van der Waals surface area contributed by atoms with Crippen molar-refractivity contribution in [2.75, 3.05) is 5.32 Å². The minimum atomic E-state index is -0.284. The van der Waals surface area contributed by atoms with Gasteiger partial charge in [0.25, 0.3) is 5.91 Å². The third-order valence-corrected chi connectivity index (χ3v) is 3.97. The lowest BCUT2D eigenvalue weighted by molar-refractivity contribution is 0.102. The number of aromatic nitrogens is 5. The molecule has 0 radical (unpaired) electrons. The Morgan fingerprint density at radius 2 is 1.88 bits per heavy atom. The molecule has 7 heteroatoms. The fourth-order valence-electron chi connectivity index (χ4n) is 2.60. The van der Waals surface area contributed by atoms with E-state index in [1.165, 1.54) is 6.20 Å². The number of carbonyl (C=O) groups excluding carboxylic acids is 1. The van der Waals surface area contributed by atoms with Gasteiger partial charge in [0.15, 0.2) is 5.65 Å². The first-order chi connectivity index (χ1) is 12.7. The normalized spacial score (nSPS) is 10.8. The first kappa shape index (κ1) is 15.9. The topological polar surface area (TPSA) is 85.1 Å². The van der Waals surface area contributed by atoms with Crippen LogP contribution in [-0.2, 0) is 6.42 Å². The zero-order valence-electron chi connectivity index (χ0n) is 14.1. The molecule has 0 spiro atoms. The molecule has 0 bridgehead atoms. The van der Waals surface area contributed by atoms with E-state index < -0.39 is 0 Å². The molecular weight excluding hydrogens is 328 g/mol. The Hall–Kier alpha value is -3.61. The summed E-state index contributed by atoms with van der Waals surface area (Å²) in [5.41, 5.74) is 3.66. The summed E-state index contributed by atoms with van der Waals surface area (Å²) in [6, 6.07) is 13.4. The number of pyridine rings is 1. The quantitative estimate of drug-likeness (QED) is 0.615. The van der Waals surface area contributed by atoms with Gasteiger partial charge in [0.05, 0.1) is 11.9 Å². The Labute approximate surface area is 149 Å². The Morgan fingerprint density at radius 1 is 1.04 bits per heavy atom. The maximum absolute atomic E-state index is 12.2. The van der Waals surface area contributed by atoms with Crippen LogP contribution >= 0.6 is 0 Å². The van der Waals surface area contributed by atoms with Crippen molar-refractivity contribution < 1.29 is 4.79 Å². The predicted molar refractivity (Wildman–Crippen MR) is 97.0 cm³/mol. The number of hydrogen-bond acceptors (Lipinski definition) is 5. The average Bonchev–Trinajstić information content (AvgIpc) is 3.07. The number of aryl methyl sites for hydroxylation is 1. The van der Waals surface area contributed by atoms with Gasteiger partial charge in [-0.3, -0.25) is 14.2 Å². The maximum Gasteiger partial charge on any atom is 0.275 e. The van der Waals surface area contributed by atoms with Gasteiger partial charge in [-0.25, -0.2) is 4.98 Å². The third-order valence-electron chi connectivity index (χ3n) is 3.97. The van der Waals surface area contributed by atoms with Crippen LogP contribution in [0.15, 0.2) is 61.1 Å². The van der Waals surface area contributed by atoms with Crippen molar-refractivity contribution in [1.29, 1.82) is 0 Å². The minimum absolute atomic E-state index is 0.284. The second-order valence-corrected chi connectivity index (χ2v) is 5.92. The standard InChI is InChI=1S/C19H16N6O/c1-13-11-21-16(12-20-13)19(26)22-15-7-5-14(6-8-15)10-18-24-23-17-4-2-3-9-25(17)18/h2-9,11-12H,10H2,1H3,(H,22,26). The lowest BCUT2D eigenvalue weighted by Crippen LogP contribution is -2.14. The highest BCUT2D eigenvalue weighted by Crippen LogP contribution is 2.14. The third kappa shape index (κ3) is 3.27. The summed E-state index contributed by atoms with van der Waals surface area (Å²) in [7, 11) is 0. The van der Waals surface area contributed by atoms with Gasteiger partial charge in [-0.15, -0.1) is 10.2 Å². The monoisotopic (exact) mass is 344 g/mol. The molecule has 26 heavy (non-hydrogen) atoms. The molecule has 1 aromatic carbocycles. The lowest BCUT2D eigenvalue weighted by Gasteiger charge is -2.06. The molecule has 1 N–H and O–H groups in total. The fourth-order valence-corrected chi connectivity index (χ4v) is 2.60. The number of hydrogen-bond donors (Lipinski definition) is 1. The molecule has 4 aromatic rings. The Bertz CT molecular complexity index is 1050. The molecule has 0 saturated carbocycles. The molecule has 4 rings (SSSR count). The van der Waals surface area contributed by atoms with Gasteiger partial charge >= 0.3 is 0 Å². The van der Waals surface area contributed by atoms with E-state index in [2.05, 4.69) is 25.5 Å². The fraction of sp³-hybridized carbons (Fsp3) is 0.105. The van der Waals surface area contributed by atoms with Gasteiger partial charge in [-0.05, 0) is 36.8 Å². The zero-order valence-corrected chi connectivity index (χ0v) is 14.1. The summed E-state index contributed by atoms with van der Waals surface area (Å²) in [6.07, 6.45) is 5.64. The number of nitrogens with zero attached hydrogens (tertiary/aromatic N) is 5. The maximum atomic E-state index is 12.2. The Kier molecular flexibility index (Phi) is 4.10. The van der Waals surface area contributed by atoms with Crippen LogP contribution in [0, 0.1) is 6.92 Å². The number of nitrogens with one attached hydrogen (secondary N) is 1. The van der Waals surface area contributed by atoms with Crippen molar-refractivity contribution in [2.24, 2.45) is 0 Å². The molecule has 0 aliphatic rings. The van der Waals surface area contributed by atoms with Crippen LogP contribution in [0.1, 0.15) is 27.6 Å². The highest BCUT2D eigenvalue weighted by molar-refractivity contribution is 6.02. The van der Waals surface area contributed by atoms with Gasteiger partial charge in [-0.2, -0.15) is 0 Å². The average molecular weight is 344 g/mol. The highest BCUT2D eigenvalue weighted by Gasteiger charge is 2.09. The molecule has 128 valence electrons. The van der Waals surface area contributed by atoms with Crippen molar-refractivity contribution in [3.05, 3.63) is 83.8 Å². The van der Waals surface area contributed by atoms with E-state index in [1.54, 1.807) is 6.20 Å². The molecule has 7 nitrogen and oxygen atoms in total. The van der Waals surface area contributed by atoms with E-state index in [0.717, 1.165) is 22.7 Å². The number of amides is 1. The summed E-state index contributed by atoms with van der Waals surface area (Å²) in [5, 5.41) is 11.2. The Morgan fingerprint density at radius 3 is 2.65 bits per heavy atom. The summed E-state index contributed by atoms with van der Waals surface area (Å²) in [4.78, 5) is 20.3. The van der Waals surface area contributed by atoms with E-state index in [-0.39, 0.29) is 11.6 Å². The zero-order chi connectivity index (χ0) is 17.9. The molecule has 1 amide bonds. The molecule has 0 saturated heterocycles. The highest BCUT2D eigenvalue weighted by atomic mass is 16.1. The molecule has 0 unspecified atom stereocenters. The lowest BCUT2D eigenvalue weighted by atomic mass is 10.1. The second-order valence-electron chi connectivity index (χ2n) is 5.92. The van der Waals surface area contributed by atoms with E-state index in [1.807, 2.05) is 60.0 Å². The van der Waals surface area contributed by atoms with Crippen LogP contribution in [0.3, 0.4) is 0 Å². The number of carbonyl (C=O) groups is 1. The molecule has 3 aromatic heterocycles. The van der Waals surface area contributed by atoms with Crippen LogP contribution in [0.2, 0.25) is 0 Å². The van der Waals surface area contributed by atoms with Crippen LogP contribution in [-0.4, -0.2) is 30.5 Å². The predicted octanol–water partition coefficient (Wildman–Crippen LogP) is 2.67. The second kappa shape index (κ2) is 6.72. The molecule has 0 aliphatic heterocycles. The minimum Gasteiger partial charge on any atom is -0.321 e. The van der Waals surface area contributed by atoms with Gasteiger partial charge in [0.1, 0.15) is 11.5 Å². The van der Waals surface area contributed by atoms with Crippen molar-refractivity contribution >= 4 is 17.2 Å². The molecule has 0 atom stereocenters. The van der Waals surface area contributed by atoms with Gasteiger partial charge < -0.3 is 5.32 Å². The SMILES string of the molecule is Cc1cnc(C(=O)Nc2ccc(Cc3nnc4ccccn34)cc2)cn1. The van der Waals surface area contributed by atoms with Crippen molar-refractivity contribution in [3.63, 3.8) is 0 Å². The summed E-state index contributed by atoms with van der Waals surface area (Å²) < 4.78 is 1.96. The van der Waals surface area contributed by atoms with Crippen molar-refractivity contribution in [2.45, 2.75) is 13.3 Å². The number of anilines is 1. The van der Waals surface area contributed by atoms with E-state index in [0.29, 0.717) is 12.1 Å². The van der Waals surface area contributed by atoms with E-state index in [9.17, 15) is 4.79 Å². The van der Waals surface area contributed by atoms with Gasteiger partial charge in [0, 0.05) is 24.5 Å². The summed E-state index contributed by atoms with van der Waals surface area (Å²) in [5.74, 6) is 0.584. The van der Waals surface area contributed by atoms with Gasteiger partial charge in [0.2, 0.25) is 0 Å². The molecular formula is C19H16N6O. The van der Waals surface area contributed by atoms with Crippen molar-refractivity contribution in [1.82, 2.24) is 24.6 Å². The molecule has 0 aliphatic carbocycles. The van der Waals surface area contributed by atoms with Gasteiger partial charge in [-0.1, -0.05) is 18.2 Å².